The largest absolute Gasteiger partial charge is 0.461 e. The lowest BCUT2D eigenvalue weighted by Gasteiger charge is -2.06. The minimum absolute atomic E-state index is 0.0566. The molecule has 3 aromatic rings. The SMILES string of the molecule is Nn1c(SCC(=O)Nc2ccc(SC(F)F)cc2)nnc1-c1ccco1. The Kier molecular flexibility index (Phi) is 5.78. The summed E-state index contributed by atoms with van der Waals surface area (Å²) in [5.74, 6) is 4.02. The summed E-state index contributed by atoms with van der Waals surface area (Å²) in [5, 5.41) is 10.9. The van der Waals surface area contributed by atoms with E-state index >= 15 is 0 Å². The zero-order valence-electron chi connectivity index (χ0n) is 13.1. The molecule has 0 bridgehead atoms. The van der Waals surface area contributed by atoms with Crippen molar-refractivity contribution in [3.8, 4) is 11.6 Å². The molecule has 2 heterocycles. The zero-order chi connectivity index (χ0) is 18.5. The van der Waals surface area contributed by atoms with E-state index in [2.05, 4.69) is 15.5 Å². The van der Waals surface area contributed by atoms with E-state index in [1.807, 2.05) is 0 Å². The van der Waals surface area contributed by atoms with Gasteiger partial charge in [0.2, 0.25) is 16.9 Å². The number of nitrogens with one attached hydrogen (secondary N) is 1. The Morgan fingerprint density at radius 2 is 2.04 bits per heavy atom. The van der Waals surface area contributed by atoms with Crippen LogP contribution in [0, 0.1) is 0 Å². The molecule has 0 saturated heterocycles. The van der Waals surface area contributed by atoms with Gasteiger partial charge in [0.05, 0.1) is 12.0 Å². The summed E-state index contributed by atoms with van der Waals surface area (Å²) in [4.78, 5) is 12.4. The number of carbonyl (C=O) groups excluding carboxylic acids is 1. The Morgan fingerprint density at radius 3 is 2.69 bits per heavy atom. The zero-order valence-corrected chi connectivity index (χ0v) is 14.8. The van der Waals surface area contributed by atoms with Gasteiger partial charge < -0.3 is 15.6 Å². The van der Waals surface area contributed by atoms with E-state index in [-0.39, 0.29) is 11.7 Å². The Hall–Kier alpha value is -2.53. The highest BCUT2D eigenvalue weighted by Gasteiger charge is 2.15. The van der Waals surface area contributed by atoms with Crippen molar-refractivity contribution in [2.75, 3.05) is 16.9 Å². The summed E-state index contributed by atoms with van der Waals surface area (Å²) < 4.78 is 31.0. The quantitative estimate of drug-likeness (QED) is 0.466. The first kappa shape index (κ1) is 18.3. The number of halogens is 2. The van der Waals surface area contributed by atoms with Crippen LogP contribution in [0.3, 0.4) is 0 Å². The van der Waals surface area contributed by atoms with Gasteiger partial charge in [-0.05, 0) is 36.4 Å². The molecule has 136 valence electrons. The van der Waals surface area contributed by atoms with Crippen LogP contribution in [0.2, 0.25) is 0 Å². The van der Waals surface area contributed by atoms with Crippen LogP contribution in [-0.4, -0.2) is 32.3 Å². The highest BCUT2D eigenvalue weighted by atomic mass is 32.2. The lowest BCUT2D eigenvalue weighted by Crippen LogP contribution is -2.16. The van der Waals surface area contributed by atoms with Crippen molar-refractivity contribution in [3.05, 3.63) is 42.7 Å². The van der Waals surface area contributed by atoms with Crippen molar-refractivity contribution in [1.29, 1.82) is 0 Å². The van der Waals surface area contributed by atoms with Crippen LogP contribution in [-0.2, 0) is 4.79 Å². The average Bonchev–Trinajstić information content (AvgIpc) is 3.24. The van der Waals surface area contributed by atoms with Crippen LogP contribution in [0.4, 0.5) is 14.5 Å². The van der Waals surface area contributed by atoms with Crippen LogP contribution >= 0.6 is 23.5 Å². The minimum Gasteiger partial charge on any atom is -0.461 e. The van der Waals surface area contributed by atoms with Gasteiger partial charge >= 0.3 is 0 Å². The Morgan fingerprint density at radius 1 is 1.27 bits per heavy atom. The molecule has 0 radical (unpaired) electrons. The molecule has 0 aliphatic rings. The van der Waals surface area contributed by atoms with Gasteiger partial charge in [-0.25, -0.2) is 4.68 Å². The molecule has 1 aromatic carbocycles. The van der Waals surface area contributed by atoms with Gasteiger partial charge in [-0.3, -0.25) is 4.79 Å². The fourth-order valence-corrected chi connectivity index (χ4v) is 3.15. The number of hydrogen-bond acceptors (Lipinski definition) is 7. The predicted molar refractivity (Wildman–Crippen MR) is 95.5 cm³/mol. The fourth-order valence-electron chi connectivity index (χ4n) is 2.00. The van der Waals surface area contributed by atoms with Gasteiger partial charge in [-0.15, -0.1) is 10.2 Å². The minimum atomic E-state index is -2.48. The number of thioether (sulfide) groups is 2. The molecule has 11 heteroatoms. The molecule has 1 amide bonds. The van der Waals surface area contributed by atoms with Crippen LogP contribution in [0.1, 0.15) is 0 Å². The molecule has 3 rings (SSSR count). The third kappa shape index (κ3) is 4.55. The monoisotopic (exact) mass is 397 g/mol. The molecule has 0 fully saturated rings. The number of alkyl halides is 2. The van der Waals surface area contributed by atoms with Gasteiger partial charge in [-0.1, -0.05) is 23.5 Å². The lowest BCUT2D eigenvalue weighted by atomic mass is 10.3. The van der Waals surface area contributed by atoms with Crippen molar-refractivity contribution >= 4 is 35.1 Å². The normalized spacial score (nSPS) is 11.0. The van der Waals surface area contributed by atoms with Crippen molar-refractivity contribution in [3.63, 3.8) is 0 Å². The molecule has 0 unspecified atom stereocenters. The smallest absolute Gasteiger partial charge is 0.288 e. The predicted octanol–water partition coefficient (Wildman–Crippen LogP) is 3.30. The number of nitrogens with zero attached hydrogens (tertiary/aromatic N) is 3. The van der Waals surface area contributed by atoms with E-state index in [1.54, 1.807) is 24.3 Å². The topological polar surface area (TPSA) is 99.0 Å². The summed E-state index contributed by atoms with van der Waals surface area (Å²) in [6.07, 6.45) is 1.50. The first-order valence-electron chi connectivity index (χ1n) is 7.25. The first-order valence-corrected chi connectivity index (χ1v) is 9.11. The van der Waals surface area contributed by atoms with E-state index < -0.39 is 5.76 Å². The van der Waals surface area contributed by atoms with Crippen LogP contribution < -0.4 is 11.2 Å². The number of amides is 1. The summed E-state index contributed by atoms with van der Waals surface area (Å²) in [6, 6.07) is 9.57. The van der Waals surface area contributed by atoms with E-state index in [4.69, 9.17) is 10.3 Å². The molecular weight excluding hydrogens is 384 g/mol. The average molecular weight is 397 g/mol. The van der Waals surface area contributed by atoms with Crippen LogP contribution in [0.5, 0.6) is 0 Å². The molecule has 7 nitrogen and oxygen atoms in total. The van der Waals surface area contributed by atoms with Crippen LogP contribution in [0.25, 0.3) is 11.6 Å². The number of aromatic nitrogens is 3. The van der Waals surface area contributed by atoms with Crippen LogP contribution in [0.15, 0.2) is 57.1 Å². The van der Waals surface area contributed by atoms with Crippen molar-refractivity contribution in [1.82, 2.24) is 14.9 Å². The number of anilines is 1. The second-order valence-corrected chi connectivity index (χ2v) is 6.90. The number of carbonyl (C=O) groups is 1. The third-order valence-electron chi connectivity index (χ3n) is 3.10. The van der Waals surface area contributed by atoms with Crippen molar-refractivity contribution in [2.45, 2.75) is 15.8 Å². The third-order valence-corrected chi connectivity index (χ3v) is 4.77. The summed E-state index contributed by atoms with van der Waals surface area (Å²) in [7, 11) is 0. The lowest BCUT2D eigenvalue weighted by molar-refractivity contribution is -0.113. The maximum Gasteiger partial charge on any atom is 0.288 e. The molecule has 0 spiro atoms. The van der Waals surface area contributed by atoms with Gasteiger partial charge in [0.15, 0.2) is 5.76 Å². The highest BCUT2D eigenvalue weighted by molar-refractivity contribution is 8.00. The molecule has 2 aromatic heterocycles. The van der Waals surface area contributed by atoms with Gasteiger partial charge in [0, 0.05) is 10.6 Å². The van der Waals surface area contributed by atoms with Crippen molar-refractivity contribution in [2.24, 2.45) is 0 Å². The van der Waals surface area contributed by atoms with E-state index in [0.29, 0.717) is 39.1 Å². The molecular formula is C15H13F2N5O2S2. The maximum absolute atomic E-state index is 12.3. The highest BCUT2D eigenvalue weighted by Crippen LogP contribution is 2.26. The second kappa shape index (κ2) is 8.23. The first-order chi connectivity index (χ1) is 12.5. The Bertz CT molecular complexity index is 869. The number of benzene rings is 1. The van der Waals surface area contributed by atoms with E-state index in [1.165, 1.54) is 23.1 Å². The Labute approximate surface area is 155 Å². The van der Waals surface area contributed by atoms with Gasteiger partial charge in [-0.2, -0.15) is 8.78 Å². The molecule has 0 saturated carbocycles. The molecule has 0 aliphatic carbocycles. The molecule has 3 N–H and O–H groups in total. The number of rotatable bonds is 7. The molecule has 0 aliphatic heterocycles. The van der Waals surface area contributed by atoms with Gasteiger partial charge in [0.25, 0.3) is 5.76 Å². The Balaban J connectivity index is 1.54. The summed E-state index contributed by atoms with van der Waals surface area (Å²) in [5.41, 5.74) is 0.514. The number of hydrogen-bond donors (Lipinski definition) is 2. The maximum atomic E-state index is 12.3. The number of nitrogen functional groups attached to an aromatic ring is 1. The fraction of sp³-hybridized carbons (Fsp3) is 0.133. The second-order valence-electron chi connectivity index (χ2n) is 4.89. The number of furan rings is 1. The van der Waals surface area contributed by atoms with Gasteiger partial charge in [0.1, 0.15) is 0 Å². The standard InChI is InChI=1S/C15H13F2N5O2S2/c16-14(17)26-10-5-3-9(4-6-10)19-12(23)8-25-15-21-20-13(22(15)18)11-2-1-7-24-11/h1-7,14H,8,18H2,(H,19,23). The molecule has 0 atom stereocenters. The molecule has 26 heavy (non-hydrogen) atoms. The van der Waals surface area contributed by atoms with Crippen molar-refractivity contribution < 1.29 is 18.0 Å². The van der Waals surface area contributed by atoms with E-state index in [0.717, 1.165) is 11.8 Å². The van der Waals surface area contributed by atoms with E-state index in [9.17, 15) is 13.6 Å². The summed E-state index contributed by atoms with van der Waals surface area (Å²) in [6.45, 7) is 0. The number of nitrogens with two attached hydrogens (primary N) is 1. The summed E-state index contributed by atoms with van der Waals surface area (Å²) >= 11 is 1.56.